The Morgan fingerprint density at radius 2 is 1.28 bits per heavy atom. The van der Waals surface area contributed by atoms with Crippen LogP contribution in [-0.2, 0) is 64.4 Å². The molecule has 140 heavy (non-hydrogen) atoms. The first-order valence-electron chi connectivity index (χ1n) is 50.4. The lowest BCUT2D eigenvalue weighted by molar-refractivity contribution is -0.171. The van der Waals surface area contributed by atoms with E-state index in [9.17, 15) is 66.3 Å². The number of carboxylic acid groups (broad SMARTS) is 1. The number of Topliss-reactive ketones (excluding diaryl/α,β-unsaturated/α-hetero) is 1. The molecular formula is C115H155F3N4O17S. The van der Waals surface area contributed by atoms with Crippen LogP contribution in [0.15, 0.2) is 115 Å². The van der Waals surface area contributed by atoms with Crippen LogP contribution in [0.25, 0.3) is 33.3 Å². The molecule has 6 aromatic carbocycles. The molecule has 4 fully saturated rings. The van der Waals surface area contributed by atoms with E-state index in [1.807, 2.05) is 106 Å². The first-order valence-corrected chi connectivity index (χ1v) is 52.3. The molecule has 0 saturated heterocycles. The lowest BCUT2D eigenvalue weighted by atomic mass is 9.46. The Balaban J connectivity index is 0.000000169. The maximum absolute atomic E-state index is 13.5. The third-order valence-corrected chi connectivity index (χ3v) is 32.9. The molecule has 8 aromatic rings. The summed E-state index contributed by atoms with van der Waals surface area (Å²) in [5.74, 6) is 2.67. The van der Waals surface area contributed by atoms with Gasteiger partial charge in [-0.25, -0.2) is 40.7 Å². The van der Waals surface area contributed by atoms with Crippen molar-refractivity contribution in [3.05, 3.63) is 210 Å². The van der Waals surface area contributed by atoms with Crippen molar-refractivity contribution in [1.29, 1.82) is 0 Å². The van der Waals surface area contributed by atoms with E-state index < -0.39 is 51.9 Å². The number of phenolic OH excluding ortho intramolecular Hbond substituents is 2. The second-order valence-corrected chi connectivity index (χ2v) is 44.2. The number of pyridine rings is 1. The molecule has 7 N–H and O–H groups in total. The number of carbonyl (C=O) groups excluding carboxylic acids is 3. The zero-order chi connectivity index (χ0) is 104. The van der Waals surface area contributed by atoms with Crippen molar-refractivity contribution >= 4 is 50.4 Å². The van der Waals surface area contributed by atoms with Gasteiger partial charge in [0, 0.05) is 94.3 Å². The standard InChI is InChI=1S/C21H30O3.C20H18FN.C18H25FO3.C17H22FN3O2S.2C15H22O2.C9H16O5/c1-4-21(24)10-8-16-15-6-5-13-11-14(22)7-9-19(13,2)18(15)17(23)12-20(16,21)3;1-2-16-19(13-9-11-15(21)12-10-13)17-5-3-4-6-18(17)22-20(16)14-7-8-14;1-5-18(22-16(20)11-21-4)9-8-13-10-14(19)6-7-15(13)17(18)12(2)3;1-6-14-15(11(2)3)19-17(21(4)24(5,22)23)20-16(14)12-7-9-13(18)10-8-12;1-7-11-12-10(4)13(16)8(2)9(3)14(12)17-15(11,5)6;1-6-15(5)8-7-12-11(4)13(16)9(2)10(3)14(12)17-15;1-5(2)9(14)7(11)3-6(10)4-8(12)13/h7,9,11,15-18,23-24H,4-6,8,10,12H2,1-3H3;3-6,9-12,14H,2,7-8H2,1H3;6-7,10,12,17H,5,8-9,11H2,1-4H3;7-11H,6H2,1-5H3;11,16H,7H2,1-6H3;16H,6-8H2,1-5H3;5-7,10-11H,3-4H2,1-2H3,(H,12,13)/t15?,16?,17-,18?,19-,20-,21+;;17-,18+;;11-;15-;6-,7+/m0.0.001/s1. The second-order valence-electron chi connectivity index (χ2n) is 42.1. The van der Waals surface area contributed by atoms with Crippen LogP contribution in [0, 0.1) is 99.4 Å². The predicted octanol–water partition coefficient (Wildman–Crippen LogP) is 23.7. The van der Waals surface area contributed by atoms with Crippen LogP contribution in [0.1, 0.15) is 316 Å². The lowest BCUT2D eigenvalue weighted by Gasteiger charge is -2.60. The van der Waals surface area contributed by atoms with E-state index in [1.165, 1.54) is 78.7 Å². The summed E-state index contributed by atoms with van der Waals surface area (Å²) in [4.78, 5) is 59.0. The van der Waals surface area contributed by atoms with Gasteiger partial charge in [-0.15, -0.1) is 0 Å². The minimum Gasteiger partial charge on any atom is -0.507 e. The zero-order valence-electron chi connectivity index (χ0n) is 87.5. The van der Waals surface area contributed by atoms with Crippen LogP contribution in [0.3, 0.4) is 0 Å². The van der Waals surface area contributed by atoms with Crippen molar-refractivity contribution in [2.24, 2.45) is 40.4 Å². The number of nitrogens with zero attached hydrogens (tertiary/aromatic N) is 4. The molecule has 0 spiro atoms. The number of carbonyl (C=O) groups is 4. The van der Waals surface area contributed by atoms with Gasteiger partial charge in [0.2, 0.25) is 16.0 Å². The highest BCUT2D eigenvalue weighted by atomic mass is 32.2. The molecule has 16 rings (SSSR count). The maximum Gasteiger partial charge on any atom is 0.332 e. The summed E-state index contributed by atoms with van der Waals surface area (Å²) >= 11 is 0. The molecule has 0 bridgehead atoms. The predicted molar refractivity (Wildman–Crippen MR) is 548 cm³/mol. The summed E-state index contributed by atoms with van der Waals surface area (Å²) < 4.78 is 87.9. The SMILES string of the molecule is CC(C)C(=O)[C@@H](O)C[C@@H](O)CC(=O)O.CC[C@@]1(C)CCc2c(C)c(O)c(C)c(C)c2O1.CC[C@@]1(O)CCC2C3CCC4=CC(=O)C=C[C@]4(C)C3[C@@H](O)C[C@@]21C.CC[C@@]1(OC(=O)COC)CCc2cc(F)ccc2[C@@H]1C(C)C.CC[C@H]1c2c(C)c(O)c(C)c(C)c2OC1(C)C.CCc1c(-c2ccc(F)cc2)nc(N(C)S(C)(=O)=O)nc1C(C)C.CCc1c(C2CC2)nc2ccccc2c1-c1ccc(F)cc1. The van der Waals surface area contributed by atoms with Gasteiger partial charge in [0.1, 0.15) is 70.0 Å². The number of benzene rings is 6. The van der Waals surface area contributed by atoms with Gasteiger partial charge >= 0.3 is 11.9 Å². The van der Waals surface area contributed by atoms with E-state index in [4.69, 9.17) is 34.1 Å². The number of hydrogen-bond acceptors (Lipinski definition) is 19. The number of aliphatic hydroxyl groups is 4. The van der Waals surface area contributed by atoms with Crippen LogP contribution in [0.4, 0.5) is 19.1 Å². The molecule has 3 unspecified atom stereocenters. The van der Waals surface area contributed by atoms with Gasteiger partial charge in [-0.2, -0.15) is 0 Å². The number of para-hydroxylation sites is 1. The van der Waals surface area contributed by atoms with Crippen molar-refractivity contribution in [2.45, 2.75) is 346 Å². The first kappa shape index (κ1) is 112. The number of rotatable bonds is 22. The summed E-state index contributed by atoms with van der Waals surface area (Å²) in [5, 5.41) is 70.5. The normalized spacial score (nSPS) is 24.1. The van der Waals surface area contributed by atoms with Crippen LogP contribution >= 0.6 is 0 Å². The monoisotopic (exact) mass is 1950 g/mol. The number of ketones is 2. The molecular weight excluding hydrogens is 1800 g/mol. The fraction of sp³-hybridized carbons (Fsp3) is 0.557. The topological polar surface area (TPSA) is 323 Å². The van der Waals surface area contributed by atoms with Crippen LogP contribution < -0.4 is 13.8 Å². The molecule has 4 heterocycles. The molecule has 6 aliphatic carbocycles. The Hall–Kier alpha value is -9.89. The molecule has 25 heteroatoms. The quantitative estimate of drug-likeness (QED) is 0.0310. The number of fused-ring (bicyclic) bond motifs is 9. The van der Waals surface area contributed by atoms with Gasteiger partial charge in [-0.3, -0.25) is 19.4 Å². The van der Waals surface area contributed by atoms with Crippen molar-refractivity contribution in [1.82, 2.24) is 15.0 Å². The van der Waals surface area contributed by atoms with E-state index in [0.29, 0.717) is 59.6 Å². The first-order chi connectivity index (χ1) is 65.6. The van der Waals surface area contributed by atoms with Crippen molar-refractivity contribution < 1.29 is 95.5 Å². The van der Waals surface area contributed by atoms with E-state index in [1.54, 1.807) is 56.3 Å². The van der Waals surface area contributed by atoms with Gasteiger partial charge < -0.3 is 54.7 Å². The number of hydrogen-bond donors (Lipinski definition) is 7. The Morgan fingerprint density at radius 3 is 1.83 bits per heavy atom. The summed E-state index contributed by atoms with van der Waals surface area (Å²) in [6.45, 7) is 46.9. The van der Waals surface area contributed by atoms with E-state index in [0.717, 1.165) is 183 Å². The van der Waals surface area contributed by atoms with Gasteiger partial charge in [0.05, 0.1) is 47.4 Å². The average Bonchev–Trinajstić information content (AvgIpc) is 1.49. The highest BCUT2D eigenvalue weighted by molar-refractivity contribution is 7.92. The number of halogens is 3. The highest BCUT2D eigenvalue weighted by Gasteiger charge is 2.66. The number of aliphatic carboxylic acids is 1. The smallest absolute Gasteiger partial charge is 0.332 e. The average molecular weight is 1950 g/mol. The number of allylic oxidation sites excluding steroid dienone is 4. The third-order valence-electron chi connectivity index (χ3n) is 31.7. The van der Waals surface area contributed by atoms with Gasteiger partial charge in [-0.05, 0) is 323 Å². The van der Waals surface area contributed by atoms with Crippen LogP contribution in [0.2, 0.25) is 0 Å². The van der Waals surface area contributed by atoms with E-state index in [2.05, 4.69) is 98.3 Å². The molecule has 21 nitrogen and oxygen atoms in total. The highest BCUT2D eigenvalue weighted by Crippen LogP contribution is 2.68. The third kappa shape index (κ3) is 24.1. The zero-order valence-corrected chi connectivity index (χ0v) is 88.3. The van der Waals surface area contributed by atoms with Crippen molar-refractivity contribution in [3.8, 4) is 45.4 Å². The summed E-state index contributed by atoms with van der Waals surface area (Å²) in [6, 6.07) is 26.1. The van der Waals surface area contributed by atoms with E-state index >= 15 is 0 Å². The van der Waals surface area contributed by atoms with Crippen molar-refractivity contribution in [3.63, 3.8) is 0 Å². The second kappa shape index (κ2) is 45.8. The number of aliphatic hydroxyl groups excluding tert-OH is 3. The summed E-state index contributed by atoms with van der Waals surface area (Å²) in [5.41, 5.74) is 19.0. The number of esters is 1. The number of aryl methyl sites for hydroxylation is 1. The number of ether oxygens (including phenoxy) is 4. The van der Waals surface area contributed by atoms with Crippen LogP contribution in [0.5, 0.6) is 23.0 Å². The number of phenols is 2. The van der Waals surface area contributed by atoms with Gasteiger partial charge in [0.15, 0.2) is 11.6 Å². The molecule has 8 aliphatic rings. The lowest BCUT2D eigenvalue weighted by Crippen LogP contribution is -2.59. The van der Waals surface area contributed by atoms with Crippen LogP contribution in [-0.4, -0.2) is 150 Å². The summed E-state index contributed by atoms with van der Waals surface area (Å²) in [6.07, 6.45) is 18.8. The summed E-state index contributed by atoms with van der Waals surface area (Å²) in [7, 11) is -0.565. The molecule has 4 saturated carbocycles. The number of anilines is 1. The fourth-order valence-corrected chi connectivity index (χ4v) is 23.5. The molecule has 0 radical (unpaired) electrons. The largest absolute Gasteiger partial charge is 0.507 e. The Bertz CT molecular complexity index is 5970. The number of methoxy groups -OCH3 is 1. The number of sulfonamides is 1. The fourth-order valence-electron chi connectivity index (χ4n) is 23.2. The molecule has 13 atom stereocenters. The van der Waals surface area contributed by atoms with Crippen molar-refractivity contribution in [2.75, 3.05) is 31.3 Å². The maximum atomic E-state index is 13.5. The Kier molecular flexibility index (Phi) is 36.7. The number of aromatic nitrogens is 3. The Labute approximate surface area is 829 Å². The Morgan fingerprint density at radius 1 is 0.679 bits per heavy atom. The van der Waals surface area contributed by atoms with E-state index in [-0.39, 0.29) is 99.7 Å². The number of carboxylic acids is 1. The molecule has 2 aromatic heterocycles. The van der Waals surface area contributed by atoms with Gasteiger partial charge in [-0.1, -0.05) is 145 Å². The minimum atomic E-state index is -3.48. The van der Waals surface area contributed by atoms with Gasteiger partial charge in [0.25, 0.3) is 0 Å². The minimum absolute atomic E-state index is 0.0388. The molecule has 0 amide bonds. The molecule has 2 aliphatic heterocycles. The molecule has 764 valence electrons. The number of aromatic hydroxyl groups is 2.